The number of anilines is 1. The maximum Gasteiger partial charge on any atom is 0.325 e. The molecule has 1 saturated heterocycles. The van der Waals surface area contributed by atoms with Gasteiger partial charge in [0.25, 0.3) is 11.6 Å². The molecular weight excluding hydrogens is 436 g/mol. The number of nitrogens with one attached hydrogen (secondary N) is 2. The van der Waals surface area contributed by atoms with Gasteiger partial charge in [0.1, 0.15) is 12.1 Å². The Hall–Kier alpha value is -4.53. The molecule has 1 aliphatic rings. The Morgan fingerprint density at radius 2 is 1.74 bits per heavy atom. The number of hydrogen-bond acceptors (Lipinski definition) is 5. The summed E-state index contributed by atoms with van der Waals surface area (Å²) in [7, 11) is 0. The maximum absolute atomic E-state index is 13.1. The molecule has 172 valence electrons. The monoisotopic (exact) mass is 458 g/mol. The van der Waals surface area contributed by atoms with Crippen molar-refractivity contribution in [2.45, 2.75) is 18.9 Å². The number of amides is 4. The number of rotatable bonds is 7. The molecule has 1 unspecified atom stereocenters. The van der Waals surface area contributed by atoms with Crippen LogP contribution in [0.4, 0.5) is 16.2 Å². The van der Waals surface area contributed by atoms with E-state index in [1.54, 1.807) is 12.1 Å². The second kappa shape index (κ2) is 9.14. The third kappa shape index (κ3) is 4.49. The summed E-state index contributed by atoms with van der Waals surface area (Å²) in [5.41, 5.74) is 1.09. The van der Waals surface area contributed by atoms with Crippen molar-refractivity contribution in [3.05, 3.63) is 106 Å². The molecule has 34 heavy (non-hydrogen) atoms. The molecule has 4 amide bonds. The van der Waals surface area contributed by atoms with Gasteiger partial charge in [-0.3, -0.25) is 24.6 Å². The lowest BCUT2D eigenvalue weighted by Gasteiger charge is -2.22. The fraction of sp³-hybridized carbons (Fsp3) is 0.160. The Balaban J connectivity index is 1.49. The predicted molar refractivity (Wildman–Crippen MR) is 125 cm³/mol. The second-order valence-electron chi connectivity index (χ2n) is 8.12. The third-order valence-corrected chi connectivity index (χ3v) is 5.74. The zero-order chi connectivity index (χ0) is 24.3. The molecule has 4 rings (SSSR count). The number of para-hydroxylation sites is 1. The van der Waals surface area contributed by atoms with Crippen molar-refractivity contribution < 1.29 is 19.3 Å². The van der Waals surface area contributed by atoms with Crippen molar-refractivity contribution in [3.8, 4) is 0 Å². The first-order valence-corrected chi connectivity index (χ1v) is 10.6. The van der Waals surface area contributed by atoms with Crippen LogP contribution in [0.15, 0.2) is 78.9 Å². The Bertz CT molecular complexity index is 1280. The lowest BCUT2D eigenvalue weighted by Crippen LogP contribution is -2.42. The number of non-ortho nitro benzene ring substituents is 1. The lowest BCUT2D eigenvalue weighted by molar-refractivity contribution is -0.385. The van der Waals surface area contributed by atoms with Gasteiger partial charge < -0.3 is 10.6 Å². The molecule has 1 aliphatic heterocycles. The van der Waals surface area contributed by atoms with E-state index in [2.05, 4.69) is 10.6 Å². The Labute approximate surface area is 195 Å². The number of carbonyl (C=O) groups excluding carboxylic acids is 3. The Morgan fingerprint density at radius 1 is 1.03 bits per heavy atom. The van der Waals surface area contributed by atoms with Crippen molar-refractivity contribution >= 4 is 29.2 Å². The highest BCUT2D eigenvalue weighted by Gasteiger charge is 2.49. The molecule has 9 heteroatoms. The van der Waals surface area contributed by atoms with E-state index in [1.807, 2.05) is 42.5 Å². The average molecular weight is 458 g/mol. The number of urea groups is 1. The number of nitro groups is 1. The molecule has 0 radical (unpaired) electrons. The van der Waals surface area contributed by atoms with Gasteiger partial charge in [0, 0.05) is 17.8 Å². The molecule has 0 aliphatic carbocycles. The largest absolute Gasteiger partial charge is 0.325 e. The fourth-order valence-electron chi connectivity index (χ4n) is 3.91. The van der Waals surface area contributed by atoms with Gasteiger partial charge in [-0.05, 0) is 36.1 Å². The molecule has 1 atom stereocenters. The normalized spacial score (nSPS) is 17.4. The fourth-order valence-corrected chi connectivity index (χ4v) is 3.91. The number of nitrogens with zero attached hydrogens (tertiary/aromatic N) is 2. The first-order valence-electron chi connectivity index (χ1n) is 10.6. The second-order valence-corrected chi connectivity index (χ2v) is 8.12. The number of hydrogen-bond donors (Lipinski definition) is 2. The highest BCUT2D eigenvalue weighted by molar-refractivity contribution is 6.10. The van der Waals surface area contributed by atoms with E-state index < -0.39 is 34.9 Å². The van der Waals surface area contributed by atoms with Gasteiger partial charge >= 0.3 is 6.03 Å². The molecule has 0 bridgehead atoms. The number of carbonyl (C=O) groups is 3. The first-order chi connectivity index (χ1) is 16.3. The molecule has 1 fully saturated rings. The standard InChI is InChI=1S/C25H22N4O5/c1-25(19-11-7-12-20(15-19)29(33)34)23(31)28(24(32)27-25)16-22(30)26-21-13-6-5-10-18(21)14-17-8-3-2-4-9-17/h2-13,15H,14,16H2,1H3,(H,26,30)(H,27,32). The van der Waals surface area contributed by atoms with Crippen LogP contribution in [-0.2, 0) is 21.5 Å². The van der Waals surface area contributed by atoms with E-state index in [-0.39, 0.29) is 11.3 Å². The molecule has 3 aromatic carbocycles. The summed E-state index contributed by atoms with van der Waals surface area (Å²) in [6.45, 7) is 0.966. The van der Waals surface area contributed by atoms with Crippen LogP contribution in [0.25, 0.3) is 0 Å². The van der Waals surface area contributed by atoms with Gasteiger partial charge in [0.2, 0.25) is 5.91 Å². The van der Waals surface area contributed by atoms with Gasteiger partial charge in [-0.2, -0.15) is 0 Å². The van der Waals surface area contributed by atoms with Gasteiger partial charge in [-0.1, -0.05) is 60.7 Å². The molecule has 3 aromatic rings. The van der Waals surface area contributed by atoms with Gasteiger partial charge in [0.05, 0.1) is 4.92 Å². The van der Waals surface area contributed by atoms with E-state index in [0.29, 0.717) is 12.1 Å². The molecule has 0 aromatic heterocycles. The third-order valence-electron chi connectivity index (χ3n) is 5.74. The Morgan fingerprint density at radius 3 is 2.47 bits per heavy atom. The predicted octanol–water partition coefficient (Wildman–Crippen LogP) is 3.59. The van der Waals surface area contributed by atoms with Gasteiger partial charge in [0.15, 0.2) is 0 Å². The summed E-state index contributed by atoms with van der Waals surface area (Å²) in [5.74, 6) is -1.20. The van der Waals surface area contributed by atoms with E-state index in [1.165, 1.54) is 31.2 Å². The van der Waals surface area contributed by atoms with E-state index in [4.69, 9.17) is 0 Å². The zero-order valence-corrected chi connectivity index (χ0v) is 18.4. The average Bonchev–Trinajstić information content (AvgIpc) is 3.05. The van der Waals surface area contributed by atoms with Crippen molar-refractivity contribution in [1.29, 1.82) is 0 Å². The number of nitro benzene ring substituents is 1. The highest BCUT2D eigenvalue weighted by atomic mass is 16.6. The quantitative estimate of drug-likeness (QED) is 0.318. The summed E-state index contributed by atoms with van der Waals surface area (Å²) in [4.78, 5) is 49.8. The van der Waals surface area contributed by atoms with Crippen molar-refractivity contribution in [1.82, 2.24) is 10.2 Å². The lowest BCUT2D eigenvalue weighted by atomic mass is 9.91. The van der Waals surface area contributed by atoms with Gasteiger partial charge in [-0.25, -0.2) is 4.79 Å². The minimum Gasteiger partial charge on any atom is -0.324 e. The van der Waals surface area contributed by atoms with Crippen LogP contribution < -0.4 is 10.6 Å². The van der Waals surface area contributed by atoms with Crippen LogP contribution >= 0.6 is 0 Å². The minimum absolute atomic E-state index is 0.202. The smallest absolute Gasteiger partial charge is 0.324 e. The van der Waals surface area contributed by atoms with Crippen molar-refractivity contribution in [2.24, 2.45) is 0 Å². The van der Waals surface area contributed by atoms with Crippen LogP contribution in [0.1, 0.15) is 23.6 Å². The van der Waals surface area contributed by atoms with Crippen LogP contribution in [-0.4, -0.2) is 34.2 Å². The summed E-state index contributed by atoms with van der Waals surface area (Å²) in [6.07, 6.45) is 0.602. The SMILES string of the molecule is CC1(c2cccc([N+](=O)[O-])c2)NC(=O)N(CC(=O)Nc2ccccc2Cc2ccccc2)C1=O. The maximum atomic E-state index is 13.1. The topological polar surface area (TPSA) is 122 Å². The Kier molecular flexibility index (Phi) is 6.09. The number of imide groups is 1. The number of benzene rings is 3. The van der Waals surface area contributed by atoms with Crippen molar-refractivity contribution in [2.75, 3.05) is 11.9 Å². The summed E-state index contributed by atoms with van der Waals surface area (Å²) < 4.78 is 0. The molecule has 2 N–H and O–H groups in total. The molecule has 0 saturated carbocycles. The van der Waals surface area contributed by atoms with Crippen LogP contribution in [0.5, 0.6) is 0 Å². The summed E-state index contributed by atoms with van der Waals surface area (Å²) >= 11 is 0. The van der Waals surface area contributed by atoms with Crippen LogP contribution in [0.3, 0.4) is 0 Å². The van der Waals surface area contributed by atoms with Crippen LogP contribution in [0, 0.1) is 10.1 Å². The molecule has 1 heterocycles. The summed E-state index contributed by atoms with van der Waals surface area (Å²) in [6, 6.07) is 21.8. The minimum atomic E-state index is -1.52. The highest BCUT2D eigenvalue weighted by Crippen LogP contribution is 2.31. The summed E-state index contributed by atoms with van der Waals surface area (Å²) in [5, 5.41) is 16.5. The van der Waals surface area contributed by atoms with E-state index >= 15 is 0 Å². The molecule has 0 spiro atoms. The van der Waals surface area contributed by atoms with E-state index in [0.717, 1.165) is 16.0 Å². The van der Waals surface area contributed by atoms with E-state index in [9.17, 15) is 24.5 Å². The molecule has 9 nitrogen and oxygen atoms in total. The zero-order valence-electron chi connectivity index (χ0n) is 18.4. The van der Waals surface area contributed by atoms with Crippen LogP contribution in [0.2, 0.25) is 0 Å². The molecular formula is C25H22N4O5. The first kappa shape index (κ1) is 22.7. The van der Waals surface area contributed by atoms with Crippen molar-refractivity contribution in [3.63, 3.8) is 0 Å². The van der Waals surface area contributed by atoms with Gasteiger partial charge in [-0.15, -0.1) is 0 Å².